The Morgan fingerprint density at radius 1 is 1.80 bits per heavy atom. The fraction of sp³-hybridized carbons (Fsp3) is 0.500. The predicted octanol–water partition coefficient (Wildman–Crippen LogP) is 2.59. The summed E-state index contributed by atoms with van der Waals surface area (Å²) in [6.45, 7) is 2.76. The van der Waals surface area contributed by atoms with Gasteiger partial charge in [0.15, 0.2) is 0 Å². The minimum atomic E-state index is 0.510. The molecular formula is C6H8ClNOS. The Balaban J connectivity index is 2.42. The molecule has 0 amide bonds. The van der Waals surface area contributed by atoms with E-state index >= 15 is 0 Å². The number of ether oxygens (including phenoxy) is 1. The monoisotopic (exact) mass is 177 g/mol. The quantitative estimate of drug-likeness (QED) is 0.708. The van der Waals surface area contributed by atoms with Crippen LogP contribution < -0.4 is 4.74 Å². The highest BCUT2D eigenvalue weighted by atomic mass is 35.5. The van der Waals surface area contributed by atoms with Gasteiger partial charge in [-0.2, -0.15) is 4.98 Å². The van der Waals surface area contributed by atoms with Crippen LogP contribution in [-0.4, -0.2) is 11.6 Å². The molecule has 0 N–H and O–H groups in total. The molecule has 0 saturated carbocycles. The average molecular weight is 178 g/mol. The van der Waals surface area contributed by atoms with Gasteiger partial charge in [-0.3, -0.25) is 0 Å². The summed E-state index contributed by atoms with van der Waals surface area (Å²) in [6, 6.07) is 0. The average Bonchev–Trinajstić information content (AvgIpc) is 2.31. The molecule has 10 heavy (non-hydrogen) atoms. The van der Waals surface area contributed by atoms with E-state index in [1.165, 1.54) is 11.3 Å². The summed E-state index contributed by atoms with van der Waals surface area (Å²) in [6.07, 6.45) is 0.997. The molecular weight excluding hydrogens is 170 g/mol. The second-order valence-electron chi connectivity index (χ2n) is 1.78. The highest BCUT2D eigenvalue weighted by molar-refractivity contribution is 7.11. The smallest absolute Gasteiger partial charge is 0.274 e. The van der Waals surface area contributed by atoms with Gasteiger partial charge in [0.05, 0.1) is 6.61 Å². The van der Waals surface area contributed by atoms with Crippen molar-refractivity contribution in [2.24, 2.45) is 0 Å². The lowest BCUT2D eigenvalue weighted by molar-refractivity contribution is 0.316. The van der Waals surface area contributed by atoms with Gasteiger partial charge in [-0.1, -0.05) is 29.9 Å². The number of rotatable bonds is 3. The molecule has 0 aliphatic heterocycles. The second-order valence-corrected chi connectivity index (χ2v) is 2.99. The lowest BCUT2D eigenvalue weighted by atomic mass is 10.5. The molecule has 2 nitrogen and oxygen atoms in total. The van der Waals surface area contributed by atoms with Crippen LogP contribution >= 0.6 is 22.9 Å². The van der Waals surface area contributed by atoms with Crippen LogP contribution in [0.4, 0.5) is 0 Å². The molecule has 0 saturated heterocycles. The Labute approximate surface area is 68.8 Å². The summed E-state index contributed by atoms with van der Waals surface area (Å²) in [7, 11) is 0. The van der Waals surface area contributed by atoms with E-state index in [2.05, 4.69) is 11.9 Å². The van der Waals surface area contributed by atoms with E-state index in [0.29, 0.717) is 17.0 Å². The number of nitrogens with zero attached hydrogens (tertiary/aromatic N) is 1. The largest absolute Gasteiger partial charge is 0.470 e. The maximum absolute atomic E-state index is 5.56. The normalized spacial score (nSPS) is 9.80. The van der Waals surface area contributed by atoms with Crippen LogP contribution in [0.5, 0.6) is 5.19 Å². The van der Waals surface area contributed by atoms with E-state index in [1.54, 1.807) is 5.38 Å². The zero-order chi connectivity index (χ0) is 7.40. The van der Waals surface area contributed by atoms with E-state index in [0.717, 1.165) is 6.42 Å². The topological polar surface area (TPSA) is 22.1 Å². The Morgan fingerprint density at radius 2 is 2.60 bits per heavy atom. The van der Waals surface area contributed by atoms with Crippen molar-refractivity contribution in [3.63, 3.8) is 0 Å². The third-order valence-electron chi connectivity index (χ3n) is 0.885. The van der Waals surface area contributed by atoms with E-state index in [4.69, 9.17) is 16.3 Å². The van der Waals surface area contributed by atoms with Crippen LogP contribution in [0.15, 0.2) is 5.38 Å². The minimum Gasteiger partial charge on any atom is -0.470 e. The maximum Gasteiger partial charge on any atom is 0.274 e. The molecule has 0 radical (unpaired) electrons. The van der Waals surface area contributed by atoms with Crippen molar-refractivity contribution in [3.8, 4) is 5.19 Å². The van der Waals surface area contributed by atoms with Crippen molar-refractivity contribution in [2.75, 3.05) is 6.61 Å². The van der Waals surface area contributed by atoms with Crippen molar-refractivity contribution in [1.29, 1.82) is 0 Å². The summed E-state index contributed by atoms with van der Waals surface area (Å²) >= 11 is 6.98. The standard InChI is InChI=1S/C6H8ClNOS/c1-2-3-9-6-8-5(7)4-10-6/h4H,2-3H2,1H3. The molecule has 0 bridgehead atoms. The molecule has 1 rings (SSSR count). The highest BCUT2D eigenvalue weighted by Crippen LogP contribution is 2.20. The second kappa shape index (κ2) is 3.78. The van der Waals surface area contributed by atoms with Gasteiger partial charge in [-0.05, 0) is 6.42 Å². The van der Waals surface area contributed by atoms with E-state index in [9.17, 15) is 0 Å². The molecule has 1 aromatic rings. The lowest BCUT2D eigenvalue weighted by Crippen LogP contribution is -1.93. The Kier molecular flexibility index (Phi) is 2.96. The van der Waals surface area contributed by atoms with Crippen LogP contribution in [0.3, 0.4) is 0 Å². The molecule has 56 valence electrons. The van der Waals surface area contributed by atoms with Crippen LogP contribution in [0.2, 0.25) is 5.15 Å². The molecule has 0 aromatic carbocycles. The van der Waals surface area contributed by atoms with E-state index in [1.807, 2.05) is 0 Å². The molecule has 0 aliphatic rings. The Hall–Kier alpha value is -0.280. The number of thiazole rings is 1. The summed E-state index contributed by atoms with van der Waals surface area (Å²) in [5.74, 6) is 0. The van der Waals surface area contributed by atoms with Crippen molar-refractivity contribution in [3.05, 3.63) is 10.5 Å². The van der Waals surface area contributed by atoms with Gasteiger partial charge in [-0.15, -0.1) is 0 Å². The van der Waals surface area contributed by atoms with Gasteiger partial charge in [0.1, 0.15) is 5.15 Å². The highest BCUT2D eigenvalue weighted by Gasteiger charge is 1.97. The van der Waals surface area contributed by atoms with Crippen LogP contribution in [-0.2, 0) is 0 Å². The fourth-order valence-electron chi connectivity index (χ4n) is 0.495. The van der Waals surface area contributed by atoms with Gasteiger partial charge in [0.25, 0.3) is 5.19 Å². The molecule has 0 spiro atoms. The van der Waals surface area contributed by atoms with Crippen LogP contribution in [0, 0.1) is 0 Å². The molecule has 4 heteroatoms. The zero-order valence-corrected chi connectivity index (χ0v) is 7.21. The van der Waals surface area contributed by atoms with Crippen molar-refractivity contribution >= 4 is 22.9 Å². The third-order valence-corrected chi connectivity index (χ3v) is 1.96. The number of hydrogen-bond acceptors (Lipinski definition) is 3. The van der Waals surface area contributed by atoms with Gasteiger partial charge in [0, 0.05) is 5.38 Å². The molecule has 0 fully saturated rings. The SMILES string of the molecule is CCCOc1nc(Cl)cs1. The van der Waals surface area contributed by atoms with E-state index < -0.39 is 0 Å². The summed E-state index contributed by atoms with van der Waals surface area (Å²) in [5, 5.41) is 2.93. The van der Waals surface area contributed by atoms with Crippen molar-refractivity contribution in [1.82, 2.24) is 4.98 Å². The first-order valence-electron chi connectivity index (χ1n) is 3.06. The zero-order valence-electron chi connectivity index (χ0n) is 5.63. The van der Waals surface area contributed by atoms with Gasteiger partial charge in [0.2, 0.25) is 0 Å². The minimum absolute atomic E-state index is 0.510. The summed E-state index contributed by atoms with van der Waals surface area (Å²) in [5.41, 5.74) is 0. The number of halogens is 1. The lowest BCUT2D eigenvalue weighted by Gasteiger charge is -1.95. The molecule has 1 aromatic heterocycles. The molecule has 0 aliphatic carbocycles. The van der Waals surface area contributed by atoms with Crippen LogP contribution in [0.1, 0.15) is 13.3 Å². The molecule has 0 unspecified atom stereocenters. The summed E-state index contributed by atoms with van der Waals surface area (Å²) < 4.78 is 5.20. The Morgan fingerprint density at radius 3 is 3.10 bits per heavy atom. The van der Waals surface area contributed by atoms with Crippen molar-refractivity contribution in [2.45, 2.75) is 13.3 Å². The first-order valence-corrected chi connectivity index (χ1v) is 4.32. The summed E-state index contributed by atoms with van der Waals surface area (Å²) in [4.78, 5) is 3.91. The first kappa shape index (κ1) is 7.82. The van der Waals surface area contributed by atoms with E-state index in [-0.39, 0.29) is 0 Å². The number of hydrogen-bond donors (Lipinski definition) is 0. The van der Waals surface area contributed by atoms with Crippen LogP contribution in [0.25, 0.3) is 0 Å². The van der Waals surface area contributed by atoms with Gasteiger partial charge < -0.3 is 4.74 Å². The van der Waals surface area contributed by atoms with Gasteiger partial charge in [-0.25, -0.2) is 0 Å². The fourth-order valence-corrected chi connectivity index (χ4v) is 1.31. The molecule has 1 heterocycles. The first-order chi connectivity index (χ1) is 4.83. The number of aromatic nitrogens is 1. The Bertz CT molecular complexity index is 201. The van der Waals surface area contributed by atoms with Gasteiger partial charge >= 0.3 is 0 Å². The van der Waals surface area contributed by atoms with Crippen molar-refractivity contribution < 1.29 is 4.74 Å². The third kappa shape index (κ3) is 2.15. The predicted molar refractivity (Wildman–Crippen MR) is 42.9 cm³/mol. The maximum atomic E-state index is 5.56. The molecule has 0 atom stereocenters.